The highest BCUT2D eigenvalue weighted by Crippen LogP contribution is 2.35. The fourth-order valence-electron chi connectivity index (χ4n) is 3.97. The topological polar surface area (TPSA) is 70.2 Å². The first kappa shape index (κ1) is 19.8. The number of hydrogen-bond acceptors (Lipinski definition) is 6. The predicted octanol–water partition coefficient (Wildman–Crippen LogP) is 2.95. The highest BCUT2D eigenvalue weighted by Gasteiger charge is 2.37. The van der Waals surface area contributed by atoms with Gasteiger partial charge >= 0.3 is 0 Å². The van der Waals surface area contributed by atoms with Crippen LogP contribution in [0.3, 0.4) is 0 Å². The Morgan fingerprint density at radius 1 is 1.10 bits per heavy atom. The first-order valence-corrected chi connectivity index (χ1v) is 10.8. The standard InChI is InChI=1S/C21H25N3O4S/c1-28-17-13-16(22-8-2-3-9-22)7-6-15(17)12-18-20(26)24(21(27)29-18)14-19(25)23-10-4-5-11-23/h6-7,12-13H,2-5,8-11,14H2,1H3/b18-12+. The molecule has 0 saturated carbocycles. The van der Waals surface area contributed by atoms with Gasteiger partial charge in [-0.1, -0.05) is 0 Å². The van der Waals surface area contributed by atoms with Gasteiger partial charge in [-0.05, 0) is 55.7 Å². The molecule has 7 nitrogen and oxygen atoms in total. The van der Waals surface area contributed by atoms with E-state index in [0.29, 0.717) is 23.7 Å². The minimum absolute atomic E-state index is 0.168. The van der Waals surface area contributed by atoms with Crippen molar-refractivity contribution >= 4 is 40.6 Å². The first-order chi connectivity index (χ1) is 14.1. The third kappa shape index (κ3) is 4.12. The van der Waals surface area contributed by atoms with Crippen LogP contribution in [-0.2, 0) is 9.59 Å². The number of rotatable bonds is 5. The second-order valence-electron chi connectivity index (χ2n) is 7.48. The number of amides is 3. The number of methoxy groups -OCH3 is 1. The lowest BCUT2D eigenvalue weighted by Gasteiger charge is -2.19. The fraction of sp³-hybridized carbons (Fsp3) is 0.476. The van der Waals surface area contributed by atoms with E-state index >= 15 is 0 Å². The van der Waals surface area contributed by atoms with Crippen LogP contribution in [0, 0.1) is 0 Å². The molecule has 0 atom stereocenters. The monoisotopic (exact) mass is 415 g/mol. The van der Waals surface area contributed by atoms with Crippen LogP contribution in [0.25, 0.3) is 6.08 Å². The van der Waals surface area contributed by atoms with Gasteiger partial charge < -0.3 is 14.5 Å². The zero-order chi connectivity index (χ0) is 20.4. The molecule has 0 aromatic heterocycles. The summed E-state index contributed by atoms with van der Waals surface area (Å²) < 4.78 is 5.53. The van der Waals surface area contributed by atoms with E-state index in [1.165, 1.54) is 12.8 Å². The van der Waals surface area contributed by atoms with Crippen LogP contribution < -0.4 is 9.64 Å². The lowest BCUT2D eigenvalue weighted by Crippen LogP contribution is -2.40. The number of thioether (sulfide) groups is 1. The molecule has 1 aromatic carbocycles. The van der Waals surface area contributed by atoms with Gasteiger partial charge in [0.2, 0.25) is 5.91 Å². The van der Waals surface area contributed by atoms with Crippen LogP contribution in [0.2, 0.25) is 0 Å². The van der Waals surface area contributed by atoms with Crippen LogP contribution in [0.1, 0.15) is 31.2 Å². The molecule has 4 rings (SSSR count). The number of anilines is 1. The van der Waals surface area contributed by atoms with Gasteiger partial charge in [-0.15, -0.1) is 0 Å². The van der Waals surface area contributed by atoms with Gasteiger partial charge in [-0.2, -0.15) is 0 Å². The van der Waals surface area contributed by atoms with E-state index in [-0.39, 0.29) is 12.5 Å². The van der Waals surface area contributed by atoms with Gasteiger partial charge in [0, 0.05) is 43.5 Å². The Hall–Kier alpha value is -2.48. The number of ether oxygens (including phenoxy) is 1. The predicted molar refractivity (Wildman–Crippen MR) is 113 cm³/mol. The van der Waals surface area contributed by atoms with Crippen molar-refractivity contribution in [3.63, 3.8) is 0 Å². The summed E-state index contributed by atoms with van der Waals surface area (Å²) >= 11 is 0.872. The van der Waals surface area contributed by atoms with Crippen LogP contribution in [0.5, 0.6) is 5.75 Å². The molecule has 3 fully saturated rings. The Bertz CT molecular complexity index is 857. The first-order valence-electron chi connectivity index (χ1n) is 10.0. The molecular weight excluding hydrogens is 390 g/mol. The number of hydrogen-bond donors (Lipinski definition) is 0. The molecule has 154 valence electrons. The zero-order valence-electron chi connectivity index (χ0n) is 16.6. The molecule has 0 spiro atoms. The number of imide groups is 1. The smallest absolute Gasteiger partial charge is 0.294 e. The second kappa shape index (κ2) is 8.49. The Labute approximate surface area is 174 Å². The molecule has 0 unspecified atom stereocenters. The van der Waals surface area contributed by atoms with Crippen LogP contribution in [-0.4, -0.2) is 66.7 Å². The molecule has 0 aliphatic carbocycles. The van der Waals surface area contributed by atoms with Crippen LogP contribution in [0.4, 0.5) is 10.5 Å². The van der Waals surface area contributed by atoms with E-state index in [2.05, 4.69) is 4.90 Å². The third-order valence-electron chi connectivity index (χ3n) is 5.60. The number of likely N-dealkylation sites (tertiary alicyclic amines) is 1. The Balaban J connectivity index is 1.51. The lowest BCUT2D eigenvalue weighted by atomic mass is 10.1. The highest BCUT2D eigenvalue weighted by molar-refractivity contribution is 8.18. The number of nitrogens with zero attached hydrogens (tertiary/aromatic N) is 3. The Kier molecular flexibility index (Phi) is 5.80. The third-order valence-corrected chi connectivity index (χ3v) is 6.51. The molecule has 3 heterocycles. The molecule has 3 aliphatic heterocycles. The zero-order valence-corrected chi connectivity index (χ0v) is 17.4. The Morgan fingerprint density at radius 3 is 2.48 bits per heavy atom. The van der Waals surface area contributed by atoms with Crippen molar-refractivity contribution in [2.45, 2.75) is 25.7 Å². The molecule has 29 heavy (non-hydrogen) atoms. The summed E-state index contributed by atoms with van der Waals surface area (Å²) in [6.07, 6.45) is 6.00. The quantitative estimate of drug-likeness (QED) is 0.689. The largest absolute Gasteiger partial charge is 0.496 e. The average Bonchev–Trinajstić information content (AvgIpc) is 3.48. The number of benzene rings is 1. The summed E-state index contributed by atoms with van der Waals surface area (Å²) in [5.41, 5.74) is 1.84. The highest BCUT2D eigenvalue weighted by atomic mass is 32.2. The summed E-state index contributed by atoms with van der Waals surface area (Å²) in [6.45, 7) is 3.28. The minimum atomic E-state index is -0.418. The summed E-state index contributed by atoms with van der Waals surface area (Å²) in [4.78, 5) is 42.8. The summed E-state index contributed by atoms with van der Waals surface area (Å²) in [6, 6.07) is 5.90. The molecule has 1 aromatic rings. The number of carbonyl (C=O) groups is 3. The minimum Gasteiger partial charge on any atom is -0.496 e. The maximum Gasteiger partial charge on any atom is 0.294 e. The molecule has 3 amide bonds. The molecule has 3 saturated heterocycles. The van der Waals surface area contributed by atoms with Crippen molar-refractivity contribution in [3.05, 3.63) is 28.7 Å². The van der Waals surface area contributed by atoms with Crippen molar-refractivity contribution in [1.29, 1.82) is 0 Å². The van der Waals surface area contributed by atoms with E-state index in [9.17, 15) is 14.4 Å². The molecular formula is C21H25N3O4S. The van der Waals surface area contributed by atoms with E-state index < -0.39 is 11.1 Å². The van der Waals surface area contributed by atoms with E-state index in [4.69, 9.17) is 4.74 Å². The molecule has 0 N–H and O–H groups in total. The molecule has 8 heteroatoms. The summed E-state index contributed by atoms with van der Waals surface area (Å²) in [5.74, 6) is 0.0751. The normalized spacial score (nSPS) is 21.0. The second-order valence-corrected chi connectivity index (χ2v) is 8.47. The SMILES string of the molecule is COc1cc(N2CCCC2)ccc1/C=C1/SC(=O)N(CC(=O)N2CCCC2)C1=O. The van der Waals surface area contributed by atoms with E-state index in [1.807, 2.05) is 18.2 Å². The van der Waals surface area contributed by atoms with Crippen molar-refractivity contribution in [3.8, 4) is 5.75 Å². The summed E-state index contributed by atoms with van der Waals surface area (Å²) in [7, 11) is 1.60. The summed E-state index contributed by atoms with van der Waals surface area (Å²) in [5, 5.41) is -0.401. The fourth-order valence-corrected chi connectivity index (χ4v) is 4.80. The van der Waals surface area contributed by atoms with Crippen molar-refractivity contribution in [1.82, 2.24) is 9.80 Å². The molecule has 3 aliphatic rings. The van der Waals surface area contributed by atoms with Gasteiger partial charge in [-0.25, -0.2) is 0 Å². The average molecular weight is 416 g/mol. The lowest BCUT2D eigenvalue weighted by molar-refractivity contribution is -0.135. The van der Waals surface area contributed by atoms with Gasteiger partial charge in [0.15, 0.2) is 0 Å². The molecule has 0 radical (unpaired) electrons. The van der Waals surface area contributed by atoms with Gasteiger partial charge in [0.25, 0.3) is 11.1 Å². The van der Waals surface area contributed by atoms with Crippen molar-refractivity contribution < 1.29 is 19.1 Å². The van der Waals surface area contributed by atoms with Crippen LogP contribution in [0.15, 0.2) is 23.1 Å². The number of carbonyl (C=O) groups excluding carboxylic acids is 3. The van der Waals surface area contributed by atoms with E-state index in [0.717, 1.165) is 53.8 Å². The van der Waals surface area contributed by atoms with Crippen molar-refractivity contribution in [2.24, 2.45) is 0 Å². The van der Waals surface area contributed by atoms with Gasteiger partial charge in [0.05, 0.1) is 12.0 Å². The van der Waals surface area contributed by atoms with E-state index in [1.54, 1.807) is 18.1 Å². The molecule has 0 bridgehead atoms. The van der Waals surface area contributed by atoms with Crippen molar-refractivity contribution in [2.75, 3.05) is 44.7 Å². The van der Waals surface area contributed by atoms with Crippen LogP contribution >= 0.6 is 11.8 Å². The van der Waals surface area contributed by atoms with Gasteiger partial charge in [-0.3, -0.25) is 19.3 Å². The van der Waals surface area contributed by atoms with Gasteiger partial charge in [0.1, 0.15) is 12.3 Å². The maximum atomic E-state index is 12.7. The maximum absolute atomic E-state index is 12.7. The Morgan fingerprint density at radius 2 is 1.79 bits per heavy atom.